The summed E-state index contributed by atoms with van der Waals surface area (Å²) in [5.74, 6) is -0.0651. The zero-order valence-electron chi connectivity index (χ0n) is 53.6. The van der Waals surface area contributed by atoms with Crippen molar-refractivity contribution in [3.05, 3.63) is 60.8 Å². The molecule has 0 radical (unpaired) electrons. The van der Waals surface area contributed by atoms with Crippen molar-refractivity contribution in [3.8, 4) is 0 Å². The summed E-state index contributed by atoms with van der Waals surface area (Å²) in [6.07, 6.45) is 91.6. The lowest BCUT2D eigenvalue weighted by Crippen LogP contribution is -2.45. The second-order valence-corrected chi connectivity index (χ2v) is 24.2. The van der Waals surface area contributed by atoms with Gasteiger partial charge in [0.1, 0.15) is 0 Å². The van der Waals surface area contributed by atoms with E-state index in [1.165, 1.54) is 289 Å². The Kier molecular flexibility index (Phi) is 66.9. The van der Waals surface area contributed by atoms with E-state index in [0.717, 1.165) is 57.8 Å². The predicted octanol–water partition coefficient (Wildman–Crippen LogP) is 23.0. The third-order valence-corrected chi connectivity index (χ3v) is 16.3. The highest BCUT2D eigenvalue weighted by atomic mass is 16.5. The summed E-state index contributed by atoms with van der Waals surface area (Å²) in [5, 5.41) is 23.2. The van der Waals surface area contributed by atoms with E-state index in [1.54, 1.807) is 6.08 Å². The molecular weight excluding hydrogens is 983 g/mol. The van der Waals surface area contributed by atoms with Crippen molar-refractivity contribution in [1.29, 1.82) is 0 Å². The first-order chi connectivity index (χ1) is 39.5. The Bertz CT molecular complexity index is 1380. The molecule has 0 aliphatic rings. The summed E-state index contributed by atoms with van der Waals surface area (Å²) < 4.78 is 5.48. The Balaban J connectivity index is 3.40. The van der Waals surface area contributed by atoms with Crippen LogP contribution in [0.15, 0.2) is 60.8 Å². The number of aliphatic hydroxyl groups excluding tert-OH is 2. The molecule has 0 aliphatic carbocycles. The Morgan fingerprint density at radius 1 is 0.350 bits per heavy atom. The number of carbonyl (C=O) groups is 2. The molecule has 0 bridgehead atoms. The number of hydrogen-bond acceptors (Lipinski definition) is 5. The second-order valence-electron chi connectivity index (χ2n) is 24.2. The molecular formula is C74H137NO5. The largest absolute Gasteiger partial charge is 0.466 e. The van der Waals surface area contributed by atoms with Crippen LogP contribution < -0.4 is 5.32 Å². The lowest BCUT2D eigenvalue weighted by Gasteiger charge is -2.20. The normalized spacial score (nSPS) is 12.9. The van der Waals surface area contributed by atoms with Gasteiger partial charge in [-0.2, -0.15) is 0 Å². The Hall–Kier alpha value is -2.44. The molecule has 0 aromatic rings. The molecule has 2 atom stereocenters. The van der Waals surface area contributed by atoms with E-state index in [2.05, 4.69) is 67.8 Å². The van der Waals surface area contributed by atoms with Gasteiger partial charge in [0.2, 0.25) is 5.91 Å². The quantitative estimate of drug-likeness (QED) is 0.0320. The average molecular weight is 1120 g/mol. The maximum absolute atomic E-state index is 12.5. The van der Waals surface area contributed by atoms with Crippen molar-refractivity contribution in [3.63, 3.8) is 0 Å². The van der Waals surface area contributed by atoms with E-state index in [-0.39, 0.29) is 18.5 Å². The van der Waals surface area contributed by atoms with Crippen LogP contribution in [0.4, 0.5) is 0 Å². The molecule has 6 nitrogen and oxygen atoms in total. The van der Waals surface area contributed by atoms with E-state index < -0.39 is 12.1 Å². The van der Waals surface area contributed by atoms with Crippen molar-refractivity contribution in [2.45, 2.75) is 386 Å². The molecule has 1 amide bonds. The Labute approximate surface area is 499 Å². The molecule has 2 unspecified atom stereocenters. The minimum absolute atomic E-state index is 0.000330. The van der Waals surface area contributed by atoms with Gasteiger partial charge < -0.3 is 20.3 Å². The number of allylic oxidation sites excluding steroid dienone is 9. The minimum Gasteiger partial charge on any atom is -0.466 e. The molecule has 0 saturated heterocycles. The number of nitrogens with one attached hydrogen (secondary N) is 1. The summed E-state index contributed by atoms with van der Waals surface area (Å²) in [6.45, 7) is 4.89. The third kappa shape index (κ3) is 64.7. The summed E-state index contributed by atoms with van der Waals surface area (Å²) >= 11 is 0. The SMILES string of the molecule is CCCCC/C=C\C/C=C\CCCCCCCC(=O)OCCCCCCCCCCC/C=C\C/C=C\CCCCCCCCCCCCCCCCCCCC(=O)NC(CO)C(O)/C=C/CCCCCCCCCCCCCCC. The van der Waals surface area contributed by atoms with Crippen LogP contribution in [0.3, 0.4) is 0 Å². The summed E-state index contributed by atoms with van der Waals surface area (Å²) in [6, 6.07) is -0.627. The zero-order valence-corrected chi connectivity index (χ0v) is 53.6. The molecule has 0 fully saturated rings. The van der Waals surface area contributed by atoms with Crippen LogP contribution in [0.2, 0.25) is 0 Å². The summed E-state index contributed by atoms with van der Waals surface area (Å²) in [4.78, 5) is 24.5. The molecule has 0 rings (SSSR count). The third-order valence-electron chi connectivity index (χ3n) is 16.3. The molecule has 0 heterocycles. The number of ether oxygens (including phenoxy) is 1. The molecule has 0 aromatic carbocycles. The van der Waals surface area contributed by atoms with E-state index in [4.69, 9.17) is 4.74 Å². The van der Waals surface area contributed by atoms with Gasteiger partial charge in [0.15, 0.2) is 0 Å². The molecule has 0 spiro atoms. The van der Waals surface area contributed by atoms with Crippen molar-refractivity contribution in [1.82, 2.24) is 5.32 Å². The summed E-state index contributed by atoms with van der Waals surface area (Å²) in [7, 11) is 0. The Morgan fingerprint density at radius 2 is 0.625 bits per heavy atom. The highest BCUT2D eigenvalue weighted by Crippen LogP contribution is 2.18. The molecule has 0 saturated carbocycles. The number of unbranched alkanes of at least 4 members (excludes halogenated alkanes) is 47. The number of esters is 1. The van der Waals surface area contributed by atoms with Gasteiger partial charge in [0.05, 0.1) is 25.4 Å². The maximum atomic E-state index is 12.5. The van der Waals surface area contributed by atoms with E-state index in [9.17, 15) is 19.8 Å². The van der Waals surface area contributed by atoms with Crippen molar-refractivity contribution in [2.75, 3.05) is 13.2 Å². The van der Waals surface area contributed by atoms with Crippen LogP contribution >= 0.6 is 0 Å². The van der Waals surface area contributed by atoms with Gasteiger partial charge in [-0.05, 0) is 96.3 Å². The van der Waals surface area contributed by atoms with Crippen LogP contribution in [-0.2, 0) is 14.3 Å². The van der Waals surface area contributed by atoms with Gasteiger partial charge in [-0.15, -0.1) is 0 Å². The minimum atomic E-state index is -0.844. The van der Waals surface area contributed by atoms with Crippen molar-refractivity contribution in [2.24, 2.45) is 0 Å². The average Bonchev–Trinajstić information content (AvgIpc) is 3.46. The zero-order chi connectivity index (χ0) is 57.8. The second kappa shape index (κ2) is 69.1. The number of aliphatic hydroxyl groups is 2. The van der Waals surface area contributed by atoms with Crippen LogP contribution in [0.5, 0.6) is 0 Å². The predicted molar refractivity (Wildman–Crippen MR) is 352 cm³/mol. The topological polar surface area (TPSA) is 95.9 Å². The fourth-order valence-corrected chi connectivity index (χ4v) is 10.8. The van der Waals surface area contributed by atoms with Crippen LogP contribution in [-0.4, -0.2) is 47.4 Å². The smallest absolute Gasteiger partial charge is 0.305 e. The summed E-state index contributed by atoms with van der Waals surface area (Å²) in [5.41, 5.74) is 0. The standard InChI is InChI=1S/C74H137NO5/c1-3-5-7-9-11-13-15-17-38-42-46-50-54-58-62-66-72(77)71(70-76)75-73(78)67-63-59-55-51-47-43-40-36-34-32-30-28-26-24-22-20-19-21-23-25-27-29-31-33-35-37-41-45-49-53-57-61-65-69-80-74(79)68-64-60-56-52-48-44-39-18-16-14-12-10-8-6-4-2/h12,14,18,23,25,29,31,39,62,66,71-72,76-77H,3-11,13,15-17,19-22,24,26-28,30,32-38,40-61,63-65,67-70H2,1-2H3,(H,75,78)/b14-12-,25-23-,31-29-,39-18-,66-62+. The van der Waals surface area contributed by atoms with Gasteiger partial charge in [0, 0.05) is 12.8 Å². The number of rotatable bonds is 66. The molecule has 0 aromatic heterocycles. The van der Waals surface area contributed by atoms with Gasteiger partial charge in [-0.3, -0.25) is 9.59 Å². The van der Waals surface area contributed by atoms with Crippen LogP contribution in [0.1, 0.15) is 373 Å². The molecule has 80 heavy (non-hydrogen) atoms. The monoisotopic (exact) mass is 1120 g/mol. The first kappa shape index (κ1) is 77.6. The van der Waals surface area contributed by atoms with Gasteiger partial charge >= 0.3 is 5.97 Å². The highest BCUT2D eigenvalue weighted by molar-refractivity contribution is 5.76. The number of carbonyl (C=O) groups excluding carboxylic acids is 2. The lowest BCUT2D eigenvalue weighted by atomic mass is 10.0. The van der Waals surface area contributed by atoms with Gasteiger partial charge in [-0.1, -0.05) is 325 Å². The fourth-order valence-electron chi connectivity index (χ4n) is 10.8. The molecule has 6 heteroatoms. The van der Waals surface area contributed by atoms with Crippen molar-refractivity contribution < 1.29 is 24.5 Å². The van der Waals surface area contributed by atoms with E-state index >= 15 is 0 Å². The van der Waals surface area contributed by atoms with Gasteiger partial charge in [0.25, 0.3) is 0 Å². The number of hydrogen-bond donors (Lipinski definition) is 3. The molecule has 0 aliphatic heterocycles. The number of amides is 1. The maximum Gasteiger partial charge on any atom is 0.305 e. The van der Waals surface area contributed by atoms with Crippen LogP contribution in [0, 0.1) is 0 Å². The van der Waals surface area contributed by atoms with E-state index in [1.807, 2.05) is 6.08 Å². The first-order valence-electron chi connectivity index (χ1n) is 35.6. The van der Waals surface area contributed by atoms with Gasteiger partial charge in [-0.25, -0.2) is 0 Å². The molecule has 468 valence electrons. The molecule has 3 N–H and O–H groups in total. The van der Waals surface area contributed by atoms with Crippen molar-refractivity contribution >= 4 is 11.9 Å². The highest BCUT2D eigenvalue weighted by Gasteiger charge is 2.18. The fraction of sp³-hybridized carbons (Fsp3) is 0.838. The van der Waals surface area contributed by atoms with Crippen LogP contribution in [0.25, 0.3) is 0 Å². The van der Waals surface area contributed by atoms with E-state index in [0.29, 0.717) is 19.4 Å². The Morgan fingerprint density at radius 3 is 0.975 bits per heavy atom. The lowest BCUT2D eigenvalue weighted by molar-refractivity contribution is -0.143. The first-order valence-corrected chi connectivity index (χ1v) is 35.6.